The van der Waals surface area contributed by atoms with E-state index in [2.05, 4.69) is 21.4 Å². The molecule has 0 atom stereocenters. The Kier molecular flexibility index (Phi) is 4.44. The van der Waals surface area contributed by atoms with Gasteiger partial charge < -0.3 is 5.32 Å². The molecule has 0 aliphatic heterocycles. The fourth-order valence-electron chi connectivity index (χ4n) is 2.60. The number of amides is 1. The second-order valence-electron chi connectivity index (χ2n) is 5.78. The Morgan fingerprint density at radius 3 is 2.32 bits per heavy atom. The summed E-state index contributed by atoms with van der Waals surface area (Å²) in [6.45, 7) is 0.943. The molecule has 5 nitrogen and oxygen atoms in total. The van der Waals surface area contributed by atoms with Crippen molar-refractivity contribution >= 4 is 54.1 Å². The van der Waals surface area contributed by atoms with Gasteiger partial charge in [-0.1, -0.05) is 35.6 Å². The Bertz CT molecular complexity index is 974. The molecular weight excluding hydrogens is 352 g/mol. The van der Waals surface area contributed by atoms with Crippen LogP contribution in [0, 0.1) is 0 Å². The number of carbonyl (C=O) groups excluding carboxylic acids is 1. The summed E-state index contributed by atoms with van der Waals surface area (Å²) < 4.78 is 2.24. The quantitative estimate of drug-likeness (QED) is 0.579. The van der Waals surface area contributed by atoms with Gasteiger partial charge >= 0.3 is 0 Å². The number of hydrogen-bond donors (Lipinski definition) is 1. The van der Waals surface area contributed by atoms with Crippen LogP contribution < -0.4 is 5.32 Å². The zero-order valence-corrected chi connectivity index (χ0v) is 15.2. The van der Waals surface area contributed by atoms with Crippen molar-refractivity contribution in [3.63, 3.8) is 0 Å². The Hall–Kier alpha value is -2.35. The first-order valence-corrected chi connectivity index (χ1v) is 9.49. The van der Waals surface area contributed by atoms with Crippen molar-refractivity contribution in [1.29, 1.82) is 0 Å². The lowest BCUT2D eigenvalue weighted by molar-refractivity contribution is -0.117. The number of anilines is 1. The van der Waals surface area contributed by atoms with Gasteiger partial charge in [-0.2, -0.15) is 0 Å². The molecule has 0 aliphatic carbocycles. The van der Waals surface area contributed by atoms with Crippen LogP contribution in [0.15, 0.2) is 48.5 Å². The largest absolute Gasteiger partial charge is 0.301 e. The van der Waals surface area contributed by atoms with Crippen molar-refractivity contribution in [3.8, 4) is 0 Å². The Labute approximate surface area is 153 Å². The highest BCUT2D eigenvalue weighted by atomic mass is 32.1. The second kappa shape index (κ2) is 6.87. The van der Waals surface area contributed by atoms with Crippen LogP contribution >= 0.6 is 22.7 Å². The summed E-state index contributed by atoms with van der Waals surface area (Å²) >= 11 is 3.15. The smallest absolute Gasteiger partial charge is 0.240 e. The first kappa shape index (κ1) is 16.1. The number of carbonyl (C=O) groups is 1. The molecule has 0 radical (unpaired) electrons. The fraction of sp³-hybridized carbons (Fsp3) is 0.167. The van der Waals surface area contributed by atoms with E-state index in [-0.39, 0.29) is 5.91 Å². The van der Waals surface area contributed by atoms with E-state index in [1.165, 1.54) is 16.0 Å². The summed E-state index contributed by atoms with van der Waals surface area (Å²) in [5.41, 5.74) is 1.92. The molecule has 4 aromatic rings. The van der Waals surface area contributed by atoms with E-state index in [9.17, 15) is 4.79 Å². The third-order valence-corrected chi connectivity index (χ3v) is 5.67. The van der Waals surface area contributed by atoms with Crippen molar-refractivity contribution < 1.29 is 4.79 Å². The molecule has 1 N–H and O–H groups in total. The van der Waals surface area contributed by atoms with Crippen LogP contribution in [-0.4, -0.2) is 34.4 Å². The van der Waals surface area contributed by atoms with Crippen LogP contribution in [0.5, 0.6) is 0 Å². The highest BCUT2D eigenvalue weighted by Crippen LogP contribution is 2.25. The van der Waals surface area contributed by atoms with Crippen LogP contribution in [0.3, 0.4) is 0 Å². The molecule has 25 heavy (non-hydrogen) atoms. The minimum Gasteiger partial charge on any atom is -0.301 e. The number of hydrogen-bond acceptors (Lipinski definition) is 6. The van der Waals surface area contributed by atoms with Crippen molar-refractivity contribution in [2.75, 3.05) is 18.9 Å². The van der Waals surface area contributed by atoms with E-state index < -0.39 is 0 Å². The van der Waals surface area contributed by atoms with Gasteiger partial charge in [-0.15, -0.1) is 11.3 Å². The highest BCUT2D eigenvalue weighted by Gasteiger charge is 2.12. The number of thiazole rings is 2. The van der Waals surface area contributed by atoms with Gasteiger partial charge in [0.25, 0.3) is 0 Å². The number of aromatic nitrogens is 2. The molecule has 0 bridgehead atoms. The molecule has 126 valence electrons. The van der Waals surface area contributed by atoms with E-state index in [0.717, 1.165) is 20.7 Å². The summed E-state index contributed by atoms with van der Waals surface area (Å²) in [6.07, 6.45) is 0. The number of para-hydroxylation sites is 2. The van der Waals surface area contributed by atoms with Gasteiger partial charge in [0.2, 0.25) is 5.91 Å². The maximum atomic E-state index is 12.3. The van der Waals surface area contributed by atoms with Crippen LogP contribution in [0.4, 0.5) is 5.13 Å². The van der Waals surface area contributed by atoms with Gasteiger partial charge in [0.1, 0.15) is 5.01 Å². The number of rotatable bonds is 5. The van der Waals surface area contributed by atoms with Crippen molar-refractivity contribution in [2.24, 2.45) is 0 Å². The van der Waals surface area contributed by atoms with Crippen molar-refractivity contribution in [1.82, 2.24) is 14.9 Å². The van der Waals surface area contributed by atoms with Gasteiger partial charge in [0, 0.05) is 0 Å². The first-order valence-electron chi connectivity index (χ1n) is 7.86. The standard InChI is InChI=1S/C18H16N4OS2/c1-22(11-17-19-12-6-2-4-8-14(12)24-17)10-16(23)21-18-20-13-7-3-5-9-15(13)25-18/h2-9H,10-11H2,1H3,(H,20,21,23). The number of fused-ring (bicyclic) bond motifs is 2. The van der Waals surface area contributed by atoms with Crippen LogP contribution in [-0.2, 0) is 11.3 Å². The zero-order chi connectivity index (χ0) is 17.2. The Morgan fingerprint density at radius 2 is 1.64 bits per heavy atom. The van der Waals surface area contributed by atoms with Crippen molar-refractivity contribution in [3.05, 3.63) is 53.5 Å². The van der Waals surface area contributed by atoms with E-state index >= 15 is 0 Å². The molecule has 0 fully saturated rings. The summed E-state index contributed by atoms with van der Waals surface area (Å²) in [7, 11) is 1.92. The van der Waals surface area contributed by atoms with Gasteiger partial charge in [0.15, 0.2) is 5.13 Å². The summed E-state index contributed by atoms with van der Waals surface area (Å²) in [6, 6.07) is 15.9. The van der Waals surface area contributed by atoms with E-state index in [0.29, 0.717) is 18.2 Å². The Balaban J connectivity index is 1.38. The predicted octanol–water partition coefficient (Wildman–Crippen LogP) is 3.98. The number of nitrogens with one attached hydrogen (secondary N) is 1. The Morgan fingerprint density at radius 1 is 1.00 bits per heavy atom. The van der Waals surface area contributed by atoms with E-state index in [1.54, 1.807) is 11.3 Å². The maximum Gasteiger partial charge on any atom is 0.240 e. The fourth-order valence-corrected chi connectivity index (χ4v) is 4.53. The minimum absolute atomic E-state index is 0.0670. The third-order valence-electron chi connectivity index (χ3n) is 3.70. The lowest BCUT2D eigenvalue weighted by Crippen LogP contribution is -2.29. The molecule has 4 rings (SSSR count). The second-order valence-corrected chi connectivity index (χ2v) is 7.93. The van der Waals surface area contributed by atoms with Crippen LogP contribution in [0.2, 0.25) is 0 Å². The van der Waals surface area contributed by atoms with Crippen molar-refractivity contribution in [2.45, 2.75) is 6.54 Å². The monoisotopic (exact) mass is 368 g/mol. The lowest BCUT2D eigenvalue weighted by atomic mass is 10.3. The first-order chi connectivity index (χ1) is 12.2. The lowest BCUT2D eigenvalue weighted by Gasteiger charge is -2.13. The van der Waals surface area contributed by atoms with Crippen LogP contribution in [0.1, 0.15) is 5.01 Å². The zero-order valence-electron chi connectivity index (χ0n) is 13.6. The number of benzene rings is 2. The van der Waals surface area contributed by atoms with E-state index in [1.807, 2.05) is 54.4 Å². The molecule has 0 aliphatic rings. The van der Waals surface area contributed by atoms with Gasteiger partial charge in [-0.3, -0.25) is 9.69 Å². The minimum atomic E-state index is -0.0670. The molecule has 7 heteroatoms. The summed E-state index contributed by atoms with van der Waals surface area (Å²) in [4.78, 5) is 23.3. The normalized spacial score (nSPS) is 11.4. The molecule has 0 unspecified atom stereocenters. The molecule has 0 saturated carbocycles. The topological polar surface area (TPSA) is 58.1 Å². The average molecular weight is 368 g/mol. The molecule has 0 saturated heterocycles. The average Bonchev–Trinajstić information content (AvgIpc) is 3.16. The molecule has 1 amide bonds. The highest BCUT2D eigenvalue weighted by molar-refractivity contribution is 7.22. The molecule has 2 heterocycles. The third kappa shape index (κ3) is 3.68. The SMILES string of the molecule is CN(CC(=O)Nc1nc2ccccc2s1)Cc1nc2ccccc2s1. The molecule has 2 aromatic heterocycles. The molecule has 2 aromatic carbocycles. The number of nitrogens with zero attached hydrogens (tertiary/aromatic N) is 3. The summed E-state index contributed by atoms with van der Waals surface area (Å²) in [5, 5.41) is 4.53. The van der Waals surface area contributed by atoms with Gasteiger partial charge in [0.05, 0.1) is 33.5 Å². The molecule has 0 spiro atoms. The predicted molar refractivity (Wildman–Crippen MR) is 104 cm³/mol. The molecular formula is C18H16N4OS2. The summed E-state index contributed by atoms with van der Waals surface area (Å²) in [5.74, 6) is -0.0670. The van der Waals surface area contributed by atoms with Gasteiger partial charge in [-0.25, -0.2) is 9.97 Å². The van der Waals surface area contributed by atoms with Crippen LogP contribution in [0.25, 0.3) is 20.4 Å². The number of likely N-dealkylation sites (N-methyl/N-ethyl adjacent to an activating group) is 1. The van der Waals surface area contributed by atoms with Gasteiger partial charge in [-0.05, 0) is 31.3 Å². The van der Waals surface area contributed by atoms with E-state index in [4.69, 9.17) is 0 Å². The maximum absolute atomic E-state index is 12.3.